The summed E-state index contributed by atoms with van der Waals surface area (Å²) >= 11 is 0. The minimum atomic E-state index is 0.0960. The molecule has 0 bridgehead atoms. The van der Waals surface area contributed by atoms with Crippen LogP contribution < -0.4 is 5.32 Å². The zero-order chi connectivity index (χ0) is 7.56. The molecule has 0 spiro atoms. The highest BCUT2D eigenvalue weighted by Gasteiger charge is 2.08. The van der Waals surface area contributed by atoms with Gasteiger partial charge in [0.05, 0.1) is 6.34 Å². The van der Waals surface area contributed by atoms with Gasteiger partial charge in [0.1, 0.15) is 12.0 Å². The van der Waals surface area contributed by atoms with Gasteiger partial charge in [-0.25, -0.2) is 9.98 Å². The van der Waals surface area contributed by atoms with Crippen LogP contribution in [0.4, 0.5) is 0 Å². The fourth-order valence-corrected chi connectivity index (χ4v) is 0.799. The van der Waals surface area contributed by atoms with Crippen molar-refractivity contribution < 1.29 is 0 Å². The fourth-order valence-electron chi connectivity index (χ4n) is 0.799. The fraction of sp³-hybridized carbons (Fsp3) is 0.714. The Morgan fingerprint density at radius 1 is 1.60 bits per heavy atom. The van der Waals surface area contributed by atoms with Crippen LogP contribution in [0.15, 0.2) is 9.98 Å². The molecule has 1 N–H and O–H groups in total. The van der Waals surface area contributed by atoms with Gasteiger partial charge in [-0.15, -0.1) is 0 Å². The van der Waals surface area contributed by atoms with Gasteiger partial charge in [0, 0.05) is 5.92 Å². The van der Waals surface area contributed by atoms with Gasteiger partial charge in [0.25, 0.3) is 0 Å². The molecule has 3 heteroatoms. The molecule has 1 rings (SSSR count). The van der Waals surface area contributed by atoms with Gasteiger partial charge in [-0.2, -0.15) is 0 Å². The lowest BCUT2D eigenvalue weighted by atomic mass is 10.2. The molecular formula is C7H13N3. The Bertz CT molecular complexity index is 170. The summed E-state index contributed by atoms with van der Waals surface area (Å²) in [4.78, 5) is 8.33. The topological polar surface area (TPSA) is 36.8 Å². The summed E-state index contributed by atoms with van der Waals surface area (Å²) < 4.78 is 0. The van der Waals surface area contributed by atoms with Crippen LogP contribution in [0.3, 0.4) is 0 Å². The van der Waals surface area contributed by atoms with Crippen molar-refractivity contribution in [3.63, 3.8) is 0 Å². The van der Waals surface area contributed by atoms with Gasteiger partial charge in [0.15, 0.2) is 0 Å². The summed E-state index contributed by atoms with van der Waals surface area (Å²) in [5.74, 6) is 1.50. The van der Waals surface area contributed by atoms with E-state index in [4.69, 9.17) is 0 Å². The quantitative estimate of drug-likeness (QED) is 0.578. The predicted molar refractivity (Wildman–Crippen MR) is 43.4 cm³/mol. The van der Waals surface area contributed by atoms with E-state index in [0.29, 0.717) is 5.92 Å². The monoisotopic (exact) mass is 139 g/mol. The van der Waals surface area contributed by atoms with E-state index < -0.39 is 0 Å². The molecule has 1 atom stereocenters. The average molecular weight is 139 g/mol. The minimum Gasteiger partial charge on any atom is -0.335 e. The third kappa shape index (κ3) is 1.56. The Balaban J connectivity index is 2.62. The van der Waals surface area contributed by atoms with Crippen LogP contribution in [-0.2, 0) is 0 Å². The second-order valence-electron chi connectivity index (χ2n) is 2.72. The number of amidine groups is 1. The number of aliphatic imine (C=N–C) groups is 2. The average Bonchev–Trinajstić information content (AvgIpc) is 1.88. The third-order valence-electron chi connectivity index (χ3n) is 1.38. The Kier molecular flexibility index (Phi) is 2.04. The maximum Gasteiger partial charge on any atom is 0.140 e. The first-order valence-electron chi connectivity index (χ1n) is 3.56. The lowest BCUT2D eigenvalue weighted by Crippen LogP contribution is -2.31. The smallest absolute Gasteiger partial charge is 0.140 e. The molecule has 1 aliphatic rings. The summed E-state index contributed by atoms with van der Waals surface area (Å²) in [6, 6.07) is 0. The molecule has 10 heavy (non-hydrogen) atoms. The molecule has 1 heterocycles. The molecule has 0 saturated heterocycles. The summed E-state index contributed by atoms with van der Waals surface area (Å²) in [6.07, 6.45) is 1.81. The normalized spacial score (nSPS) is 24.4. The molecular weight excluding hydrogens is 126 g/mol. The molecule has 3 nitrogen and oxygen atoms in total. The lowest BCUT2D eigenvalue weighted by molar-refractivity contribution is 0.739. The molecule has 0 radical (unpaired) electrons. The van der Waals surface area contributed by atoms with Crippen LogP contribution in [0.25, 0.3) is 0 Å². The number of hydrogen-bond donors (Lipinski definition) is 1. The Morgan fingerprint density at radius 3 is 2.70 bits per heavy atom. The van der Waals surface area contributed by atoms with Crippen molar-refractivity contribution in [1.82, 2.24) is 5.32 Å². The van der Waals surface area contributed by atoms with E-state index >= 15 is 0 Å². The largest absolute Gasteiger partial charge is 0.335 e. The third-order valence-corrected chi connectivity index (χ3v) is 1.38. The molecule has 0 aromatic rings. The summed E-state index contributed by atoms with van der Waals surface area (Å²) in [5.41, 5.74) is 0. The van der Waals surface area contributed by atoms with Crippen molar-refractivity contribution in [1.29, 1.82) is 0 Å². The number of nitrogens with zero attached hydrogens (tertiary/aromatic N) is 2. The van der Waals surface area contributed by atoms with Gasteiger partial charge >= 0.3 is 0 Å². The van der Waals surface area contributed by atoms with Crippen LogP contribution in [-0.4, -0.2) is 18.3 Å². The zero-order valence-electron chi connectivity index (χ0n) is 6.63. The SMILES string of the molecule is CC1N=CNC(C(C)C)=N1. The van der Waals surface area contributed by atoms with Gasteiger partial charge in [-0.3, -0.25) is 0 Å². The Morgan fingerprint density at radius 2 is 2.30 bits per heavy atom. The van der Waals surface area contributed by atoms with E-state index in [1.165, 1.54) is 0 Å². The number of rotatable bonds is 1. The van der Waals surface area contributed by atoms with Gasteiger partial charge in [-0.1, -0.05) is 13.8 Å². The first-order chi connectivity index (χ1) is 4.70. The predicted octanol–water partition coefficient (Wildman–Crippen LogP) is 1.02. The van der Waals surface area contributed by atoms with Crippen molar-refractivity contribution in [3.8, 4) is 0 Å². The van der Waals surface area contributed by atoms with E-state index in [0.717, 1.165) is 5.84 Å². The van der Waals surface area contributed by atoms with E-state index in [-0.39, 0.29) is 6.17 Å². The second-order valence-corrected chi connectivity index (χ2v) is 2.72. The van der Waals surface area contributed by atoms with Crippen LogP contribution in [0.2, 0.25) is 0 Å². The molecule has 0 aliphatic carbocycles. The van der Waals surface area contributed by atoms with Crippen LogP contribution in [0.1, 0.15) is 20.8 Å². The van der Waals surface area contributed by atoms with E-state index in [1.807, 2.05) is 6.92 Å². The highest BCUT2D eigenvalue weighted by Crippen LogP contribution is 2.01. The molecule has 1 aliphatic heterocycles. The molecule has 1 unspecified atom stereocenters. The maximum atomic E-state index is 4.29. The van der Waals surface area contributed by atoms with Crippen molar-refractivity contribution in [2.45, 2.75) is 26.9 Å². The van der Waals surface area contributed by atoms with Gasteiger partial charge < -0.3 is 5.32 Å². The first-order valence-corrected chi connectivity index (χ1v) is 3.56. The van der Waals surface area contributed by atoms with Crippen LogP contribution >= 0.6 is 0 Å². The van der Waals surface area contributed by atoms with Gasteiger partial charge in [0.2, 0.25) is 0 Å². The first kappa shape index (κ1) is 7.25. The van der Waals surface area contributed by atoms with Crippen molar-refractivity contribution in [3.05, 3.63) is 0 Å². The number of nitrogens with one attached hydrogen (secondary N) is 1. The molecule has 0 saturated carbocycles. The Labute approximate surface area is 61.3 Å². The van der Waals surface area contributed by atoms with E-state index in [1.54, 1.807) is 6.34 Å². The number of hydrogen-bond acceptors (Lipinski definition) is 3. The van der Waals surface area contributed by atoms with Gasteiger partial charge in [-0.05, 0) is 6.92 Å². The summed E-state index contributed by atoms with van der Waals surface area (Å²) in [6.45, 7) is 6.19. The minimum absolute atomic E-state index is 0.0960. The second kappa shape index (κ2) is 2.82. The lowest BCUT2D eigenvalue weighted by Gasteiger charge is -2.15. The van der Waals surface area contributed by atoms with Crippen molar-refractivity contribution in [2.24, 2.45) is 15.9 Å². The molecule has 0 amide bonds. The van der Waals surface area contributed by atoms with Crippen molar-refractivity contribution >= 4 is 12.2 Å². The van der Waals surface area contributed by atoms with Crippen LogP contribution in [0.5, 0.6) is 0 Å². The maximum absolute atomic E-state index is 4.29. The molecule has 0 aromatic carbocycles. The molecule has 0 fully saturated rings. The van der Waals surface area contributed by atoms with E-state index in [2.05, 4.69) is 29.1 Å². The summed E-state index contributed by atoms with van der Waals surface area (Å²) in [5, 5.41) is 3.01. The van der Waals surface area contributed by atoms with Crippen molar-refractivity contribution in [2.75, 3.05) is 0 Å². The highest BCUT2D eigenvalue weighted by molar-refractivity contribution is 5.94. The Hall–Kier alpha value is -0.860. The molecule has 0 aromatic heterocycles. The zero-order valence-corrected chi connectivity index (χ0v) is 6.63. The summed E-state index contributed by atoms with van der Waals surface area (Å²) in [7, 11) is 0. The molecule has 56 valence electrons. The van der Waals surface area contributed by atoms with E-state index in [9.17, 15) is 0 Å². The van der Waals surface area contributed by atoms with Crippen LogP contribution in [0, 0.1) is 5.92 Å². The highest BCUT2D eigenvalue weighted by atomic mass is 15.2. The standard InChI is InChI=1S/C7H13N3/c1-5(2)7-9-4-8-6(3)10-7/h4-6H,1-3H3,(H,8,9,10).